The summed E-state index contributed by atoms with van der Waals surface area (Å²) in [4.78, 5) is 33.6. The monoisotopic (exact) mass is 415 g/mol. The molecule has 0 aromatic carbocycles. The summed E-state index contributed by atoms with van der Waals surface area (Å²) in [6, 6.07) is 0.447. The van der Waals surface area contributed by atoms with Gasteiger partial charge in [-0.1, -0.05) is 0 Å². The molecule has 0 saturated heterocycles. The van der Waals surface area contributed by atoms with Crippen LogP contribution < -0.4 is 15.4 Å². The Hall–Kier alpha value is -2.85. The molecule has 1 amide bonds. The number of carbonyl (C=O) groups is 1. The summed E-state index contributed by atoms with van der Waals surface area (Å²) in [7, 11) is 5.37. The van der Waals surface area contributed by atoms with Crippen molar-refractivity contribution < 1.29 is 14.3 Å². The quantitative estimate of drug-likeness (QED) is 0.720. The molecule has 2 aromatic rings. The Morgan fingerprint density at radius 2 is 1.77 bits per heavy atom. The molecule has 0 spiro atoms. The van der Waals surface area contributed by atoms with Crippen molar-refractivity contribution in [1.29, 1.82) is 0 Å². The number of hydrogen-bond donors (Lipinski definition) is 1. The third kappa shape index (κ3) is 5.61. The van der Waals surface area contributed by atoms with E-state index in [-0.39, 0.29) is 18.1 Å². The highest BCUT2D eigenvalue weighted by Gasteiger charge is 2.31. The van der Waals surface area contributed by atoms with Gasteiger partial charge >= 0.3 is 12.1 Å². The molecular weight excluding hydrogens is 386 g/mol. The van der Waals surface area contributed by atoms with Crippen molar-refractivity contribution in [2.75, 3.05) is 39.3 Å². The molecule has 0 bridgehead atoms. The van der Waals surface area contributed by atoms with Crippen molar-refractivity contribution in [2.24, 2.45) is 5.73 Å². The lowest BCUT2D eigenvalue weighted by molar-refractivity contribution is 0.139. The van der Waals surface area contributed by atoms with E-state index in [0.717, 1.165) is 25.7 Å². The normalized spacial score (nSPS) is 18.8. The van der Waals surface area contributed by atoms with E-state index in [4.69, 9.17) is 15.2 Å². The average Bonchev–Trinajstić information content (AvgIpc) is 2.75. The van der Waals surface area contributed by atoms with Gasteiger partial charge in [0.05, 0.1) is 25.2 Å². The molecular formula is C20H29N7O3. The van der Waals surface area contributed by atoms with E-state index >= 15 is 0 Å². The number of methoxy groups -OCH3 is 1. The molecule has 2 N–H and O–H groups in total. The summed E-state index contributed by atoms with van der Waals surface area (Å²) >= 11 is 0. The van der Waals surface area contributed by atoms with E-state index in [9.17, 15) is 4.79 Å². The second-order valence-electron chi connectivity index (χ2n) is 7.57. The Labute approximate surface area is 176 Å². The van der Waals surface area contributed by atoms with Crippen LogP contribution in [0, 0.1) is 0 Å². The van der Waals surface area contributed by atoms with Crippen LogP contribution in [0.5, 0.6) is 6.01 Å². The van der Waals surface area contributed by atoms with Crippen molar-refractivity contribution in [3.8, 4) is 17.3 Å². The lowest BCUT2D eigenvalue weighted by Gasteiger charge is -2.34. The molecule has 30 heavy (non-hydrogen) atoms. The standard InChI is InChI=1S/C20H29N7O3/c1-26(2)8-9-30-20(28)27(16-6-4-15(21)5-7-16)18-13-22-17(12-23-18)14-10-24-19(29-3)25-11-14/h10-13,15-16H,4-9,21H2,1-3H3/t15-,16-. The molecule has 1 aliphatic rings. The molecule has 0 unspecified atom stereocenters. The zero-order chi connectivity index (χ0) is 21.5. The summed E-state index contributed by atoms with van der Waals surface area (Å²) in [5.41, 5.74) is 7.35. The second kappa shape index (κ2) is 10.3. The van der Waals surface area contributed by atoms with Gasteiger partial charge in [0.1, 0.15) is 6.61 Å². The van der Waals surface area contributed by atoms with Crippen LogP contribution >= 0.6 is 0 Å². The Bertz CT molecular complexity index is 806. The molecule has 0 atom stereocenters. The first kappa shape index (κ1) is 21.8. The minimum Gasteiger partial charge on any atom is -0.467 e. The van der Waals surface area contributed by atoms with E-state index in [2.05, 4.69) is 19.9 Å². The maximum Gasteiger partial charge on any atom is 0.415 e. The van der Waals surface area contributed by atoms with Gasteiger partial charge in [0.25, 0.3) is 0 Å². The van der Waals surface area contributed by atoms with Crippen LogP contribution in [0.25, 0.3) is 11.3 Å². The number of ether oxygens (including phenoxy) is 2. The lowest BCUT2D eigenvalue weighted by Crippen LogP contribution is -2.45. The Balaban J connectivity index is 1.78. The second-order valence-corrected chi connectivity index (χ2v) is 7.57. The first-order valence-electron chi connectivity index (χ1n) is 10.0. The first-order valence-corrected chi connectivity index (χ1v) is 10.0. The minimum absolute atomic E-state index is 0.0128. The van der Waals surface area contributed by atoms with Crippen molar-refractivity contribution in [3.05, 3.63) is 24.8 Å². The van der Waals surface area contributed by atoms with Gasteiger partial charge in [0, 0.05) is 36.6 Å². The smallest absolute Gasteiger partial charge is 0.415 e. The highest BCUT2D eigenvalue weighted by molar-refractivity contribution is 5.87. The molecule has 0 aliphatic heterocycles. The van der Waals surface area contributed by atoms with Gasteiger partial charge in [0.15, 0.2) is 5.82 Å². The fourth-order valence-corrected chi connectivity index (χ4v) is 3.32. The van der Waals surface area contributed by atoms with Crippen molar-refractivity contribution in [1.82, 2.24) is 24.8 Å². The largest absolute Gasteiger partial charge is 0.467 e. The van der Waals surface area contributed by atoms with E-state index < -0.39 is 6.09 Å². The predicted molar refractivity (Wildman–Crippen MR) is 112 cm³/mol. The maximum atomic E-state index is 12.9. The molecule has 162 valence electrons. The lowest BCUT2D eigenvalue weighted by atomic mass is 9.91. The van der Waals surface area contributed by atoms with E-state index in [1.54, 1.807) is 29.7 Å². The SMILES string of the molecule is COc1ncc(-c2cnc(N(C(=O)OCCN(C)C)[C@H]3CC[C@H](N)CC3)cn2)cn1. The zero-order valence-corrected chi connectivity index (χ0v) is 17.7. The van der Waals surface area contributed by atoms with Crippen LogP contribution in [0.2, 0.25) is 0 Å². The molecule has 10 nitrogen and oxygen atoms in total. The fourth-order valence-electron chi connectivity index (χ4n) is 3.32. The number of nitrogens with zero attached hydrogens (tertiary/aromatic N) is 6. The number of anilines is 1. The van der Waals surface area contributed by atoms with Gasteiger partial charge in [-0.15, -0.1) is 0 Å². The summed E-state index contributed by atoms with van der Waals surface area (Å²) in [6.45, 7) is 0.959. The Morgan fingerprint density at radius 1 is 1.07 bits per heavy atom. The summed E-state index contributed by atoms with van der Waals surface area (Å²) in [6.07, 6.45) is 9.35. The molecule has 2 heterocycles. The molecule has 2 aromatic heterocycles. The van der Waals surface area contributed by atoms with Gasteiger partial charge in [-0.3, -0.25) is 9.88 Å². The summed E-state index contributed by atoms with van der Waals surface area (Å²) in [5, 5.41) is 0. The van der Waals surface area contributed by atoms with Crippen LogP contribution in [-0.4, -0.2) is 77.4 Å². The molecule has 3 rings (SSSR count). The van der Waals surface area contributed by atoms with Crippen LogP contribution in [0.15, 0.2) is 24.8 Å². The number of likely N-dealkylation sites (N-methyl/N-ethyl adjacent to an activating group) is 1. The van der Waals surface area contributed by atoms with Crippen molar-refractivity contribution in [3.63, 3.8) is 0 Å². The number of rotatable bonds is 7. The number of carbonyl (C=O) groups excluding carboxylic acids is 1. The van der Waals surface area contributed by atoms with E-state index in [1.165, 1.54) is 7.11 Å². The third-order valence-electron chi connectivity index (χ3n) is 5.06. The maximum absolute atomic E-state index is 12.9. The van der Waals surface area contributed by atoms with Crippen LogP contribution in [-0.2, 0) is 4.74 Å². The van der Waals surface area contributed by atoms with Gasteiger partial charge < -0.3 is 20.1 Å². The number of amides is 1. The predicted octanol–water partition coefficient (Wildman–Crippen LogP) is 1.72. The van der Waals surface area contributed by atoms with Crippen LogP contribution in [0.1, 0.15) is 25.7 Å². The van der Waals surface area contributed by atoms with Crippen LogP contribution in [0.4, 0.5) is 10.6 Å². The number of nitrogens with two attached hydrogens (primary N) is 1. The van der Waals surface area contributed by atoms with E-state index in [0.29, 0.717) is 30.2 Å². The highest BCUT2D eigenvalue weighted by Crippen LogP contribution is 2.27. The van der Waals surface area contributed by atoms with Crippen molar-refractivity contribution in [2.45, 2.75) is 37.8 Å². The number of hydrogen-bond acceptors (Lipinski definition) is 9. The molecule has 1 saturated carbocycles. The van der Waals surface area contributed by atoms with Gasteiger partial charge in [-0.25, -0.2) is 19.7 Å². The molecule has 0 radical (unpaired) electrons. The Morgan fingerprint density at radius 3 is 2.33 bits per heavy atom. The topological polar surface area (TPSA) is 120 Å². The minimum atomic E-state index is -0.410. The molecule has 1 fully saturated rings. The van der Waals surface area contributed by atoms with Gasteiger partial charge in [-0.2, -0.15) is 0 Å². The molecule has 1 aliphatic carbocycles. The third-order valence-corrected chi connectivity index (χ3v) is 5.06. The van der Waals surface area contributed by atoms with Crippen LogP contribution in [0.3, 0.4) is 0 Å². The summed E-state index contributed by atoms with van der Waals surface area (Å²) in [5.74, 6) is 0.462. The van der Waals surface area contributed by atoms with Crippen molar-refractivity contribution >= 4 is 11.9 Å². The Kier molecular flexibility index (Phi) is 7.47. The fraction of sp³-hybridized carbons (Fsp3) is 0.550. The summed E-state index contributed by atoms with van der Waals surface area (Å²) < 4.78 is 10.5. The number of aromatic nitrogens is 4. The zero-order valence-electron chi connectivity index (χ0n) is 17.7. The average molecular weight is 415 g/mol. The van der Waals surface area contributed by atoms with E-state index in [1.807, 2.05) is 19.0 Å². The first-order chi connectivity index (χ1) is 14.5. The highest BCUT2D eigenvalue weighted by atomic mass is 16.6. The van der Waals surface area contributed by atoms with Gasteiger partial charge in [0.2, 0.25) is 0 Å². The molecule has 10 heteroatoms. The van der Waals surface area contributed by atoms with Gasteiger partial charge in [-0.05, 0) is 39.8 Å².